The fourth-order valence-electron chi connectivity index (χ4n) is 2.94. The van der Waals surface area contributed by atoms with Crippen LogP contribution in [0, 0.1) is 0 Å². The van der Waals surface area contributed by atoms with Crippen LogP contribution >= 0.6 is 0 Å². The van der Waals surface area contributed by atoms with Crippen LogP contribution in [0.1, 0.15) is 11.5 Å². The van der Waals surface area contributed by atoms with Gasteiger partial charge in [0.05, 0.1) is 11.7 Å². The lowest BCUT2D eigenvalue weighted by atomic mass is 10.0. The molecule has 2 heterocycles. The minimum absolute atomic E-state index is 0.108. The van der Waals surface area contributed by atoms with E-state index in [2.05, 4.69) is 15.2 Å². The number of benzene rings is 2. The molecule has 1 N–H and O–H groups in total. The first-order chi connectivity index (χ1) is 13.1. The molecule has 10 heteroatoms. The molecule has 2 aromatic heterocycles. The molecular weight excluding hydrogens is 386 g/mol. The zero-order valence-corrected chi connectivity index (χ0v) is 13.8. The molecule has 0 aliphatic carbocycles. The van der Waals surface area contributed by atoms with E-state index in [9.17, 15) is 26.3 Å². The summed E-state index contributed by atoms with van der Waals surface area (Å²) in [7, 11) is 0. The van der Waals surface area contributed by atoms with Gasteiger partial charge < -0.3 is 0 Å². The van der Waals surface area contributed by atoms with E-state index in [1.807, 2.05) is 0 Å². The summed E-state index contributed by atoms with van der Waals surface area (Å²) in [6.45, 7) is 0. The van der Waals surface area contributed by atoms with E-state index >= 15 is 0 Å². The maximum absolute atomic E-state index is 13.3. The first kappa shape index (κ1) is 18.1. The quantitative estimate of drug-likeness (QED) is 0.458. The molecule has 0 saturated carbocycles. The van der Waals surface area contributed by atoms with Crippen LogP contribution in [0.25, 0.3) is 27.7 Å². The van der Waals surface area contributed by atoms with Gasteiger partial charge in [0.25, 0.3) is 0 Å². The van der Waals surface area contributed by atoms with Crippen molar-refractivity contribution < 1.29 is 26.3 Å². The minimum atomic E-state index is -5.07. The number of imidazole rings is 1. The van der Waals surface area contributed by atoms with Crippen LogP contribution in [0.2, 0.25) is 0 Å². The fraction of sp³-hybridized carbons (Fsp3) is 0.111. The first-order valence-corrected chi connectivity index (χ1v) is 7.91. The number of hydrogen-bond donors (Lipinski definition) is 1. The van der Waals surface area contributed by atoms with E-state index in [-0.39, 0.29) is 5.69 Å². The van der Waals surface area contributed by atoms with Crippen LogP contribution in [-0.2, 0) is 12.4 Å². The van der Waals surface area contributed by atoms with E-state index < -0.39 is 23.9 Å². The summed E-state index contributed by atoms with van der Waals surface area (Å²) in [5, 5.41) is 7.10. The third-order valence-corrected chi connectivity index (χ3v) is 4.15. The predicted molar refractivity (Wildman–Crippen MR) is 88.7 cm³/mol. The Hall–Kier alpha value is -3.30. The van der Waals surface area contributed by atoms with Gasteiger partial charge >= 0.3 is 12.4 Å². The molecule has 0 amide bonds. The molecular formula is C18H10F6N4. The lowest BCUT2D eigenvalue weighted by molar-refractivity contribution is -0.150. The Morgan fingerprint density at radius 2 is 1.61 bits per heavy atom. The van der Waals surface area contributed by atoms with Crippen molar-refractivity contribution in [1.29, 1.82) is 0 Å². The number of aromatic nitrogens is 4. The van der Waals surface area contributed by atoms with Gasteiger partial charge in [-0.15, -0.1) is 0 Å². The van der Waals surface area contributed by atoms with Crippen LogP contribution in [0.5, 0.6) is 0 Å². The Bertz CT molecular complexity index is 1140. The van der Waals surface area contributed by atoms with Gasteiger partial charge in [0.15, 0.2) is 5.69 Å². The smallest absolute Gasteiger partial charge is 0.295 e. The summed E-state index contributed by atoms with van der Waals surface area (Å²) in [5.74, 6) is -1.65. The number of aromatic amines is 1. The lowest BCUT2D eigenvalue weighted by Gasteiger charge is -2.12. The molecule has 0 spiro atoms. The monoisotopic (exact) mass is 396 g/mol. The molecule has 4 rings (SSSR count). The summed E-state index contributed by atoms with van der Waals surface area (Å²) >= 11 is 0. The van der Waals surface area contributed by atoms with E-state index in [1.54, 1.807) is 30.3 Å². The molecule has 0 bridgehead atoms. The Kier molecular flexibility index (Phi) is 3.95. The number of alkyl halides is 6. The normalized spacial score (nSPS) is 12.6. The van der Waals surface area contributed by atoms with Gasteiger partial charge in [-0.05, 0) is 17.7 Å². The van der Waals surface area contributed by atoms with Crippen LogP contribution in [0.15, 0.2) is 54.9 Å². The standard InChI is InChI=1S/C18H10F6N4/c19-17(20,21)14-9-28(16(26-14)18(22,23)24)12-6-11-8-25-27-15(11)13(7-12)10-4-2-1-3-5-10/h1-9H,(H,25,27). The van der Waals surface area contributed by atoms with Crippen molar-refractivity contribution in [3.8, 4) is 16.8 Å². The number of halogens is 6. The predicted octanol–water partition coefficient (Wildman–Crippen LogP) is 5.45. The summed E-state index contributed by atoms with van der Waals surface area (Å²) < 4.78 is 79.4. The van der Waals surface area contributed by atoms with Gasteiger partial charge in [-0.3, -0.25) is 9.67 Å². The first-order valence-electron chi connectivity index (χ1n) is 7.91. The summed E-state index contributed by atoms with van der Waals surface area (Å²) in [4.78, 5) is 2.79. The van der Waals surface area contributed by atoms with E-state index in [0.29, 0.717) is 32.8 Å². The molecule has 4 aromatic rings. The molecule has 2 aromatic carbocycles. The number of rotatable bonds is 2. The molecule has 4 nitrogen and oxygen atoms in total. The zero-order valence-electron chi connectivity index (χ0n) is 13.8. The topological polar surface area (TPSA) is 46.5 Å². The summed E-state index contributed by atoms with van der Waals surface area (Å²) in [6.07, 6.45) is -8.34. The van der Waals surface area contributed by atoms with Crippen molar-refractivity contribution >= 4 is 10.9 Å². The highest BCUT2D eigenvalue weighted by Crippen LogP contribution is 2.37. The van der Waals surface area contributed by atoms with Gasteiger partial charge in [0, 0.05) is 22.8 Å². The second-order valence-corrected chi connectivity index (χ2v) is 6.01. The SMILES string of the molecule is FC(F)(F)c1cn(-c2cc(-c3ccccc3)c3[nH]ncc3c2)c(C(F)(F)F)n1. The Morgan fingerprint density at radius 3 is 2.25 bits per heavy atom. The highest BCUT2D eigenvalue weighted by Gasteiger charge is 2.42. The molecule has 0 saturated heterocycles. The van der Waals surface area contributed by atoms with Gasteiger partial charge in [0.2, 0.25) is 5.82 Å². The average molecular weight is 396 g/mol. The number of hydrogen-bond acceptors (Lipinski definition) is 2. The zero-order chi connectivity index (χ0) is 20.1. The molecule has 0 radical (unpaired) electrons. The molecule has 0 aliphatic heterocycles. The number of nitrogens with zero attached hydrogens (tertiary/aromatic N) is 3. The van der Waals surface area contributed by atoms with Gasteiger partial charge in [0.1, 0.15) is 0 Å². The fourth-order valence-corrected chi connectivity index (χ4v) is 2.94. The van der Waals surface area contributed by atoms with Crippen LogP contribution < -0.4 is 0 Å². The van der Waals surface area contributed by atoms with Crippen molar-refractivity contribution in [3.05, 3.63) is 66.4 Å². The molecule has 0 aliphatic rings. The number of nitrogens with one attached hydrogen (secondary N) is 1. The summed E-state index contributed by atoms with van der Waals surface area (Å²) in [5.41, 5.74) is 0.000394. The van der Waals surface area contributed by atoms with E-state index in [0.717, 1.165) is 0 Å². The maximum Gasteiger partial charge on any atom is 0.450 e. The number of fused-ring (bicyclic) bond motifs is 1. The second-order valence-electron chi connectivity index (χ2n) is 6.01. The van der Waals surface area contributed by atoms with Crippen LogP contribution in [0.4, 0.5) is 26.3 Å². The van der Waals surface area contributed by atoms with Gasteiger partial charge in [-0.1, -0.05) is 30.3 Å². The Balaban J connectivity index is 1.99. The number of H-pyrrole nitrogens is 1. The summed E-state index contributed by atoms with van der Waals surface area (Å²) in [6, 6.07) is 11.4. The van der Waals surface area contributed by atoms with Crippen LogP contribution in [0.3, 0.4) is 0 Å². The lowest BCUT2D eigenvalue weighted by Crippen LogP contribution is -2.14. The second kappa shape index (κ2) is 6.11. The van der Waals surface area contributed by atoms with Crippen molar-refractivity contribution in [1.82, 2.24) is 19.7 Å². The van der Waals surface area contributed by atoms with Crippen molar-refractivity contribution in [3.63, 3.8) is 0 Å². The third kappa shape index (κ3) is 3.10. The highest BCUT2D eigenvalue weighted by atomic mass is 19.4. The van der Waals surface area contributed by atoms with E-state index in [4.69, 9.17) is 0 Å². The molecule has 0 atom stereocenters. The van der Waals surface area contributed by atoms with Crippen molar-refractivity contribution in [2.75, 3.05) is 0 Å². The van der Waals surface area contributed by atoms with Crippen molar-refractivity contribution in [2.45, 2.75) is 12.4 Å². The highest BCUT2D eigenvalue weighted by molar-refractivity contribution is 5.95. The van der Waals surface area contributed by atoms with Crippen molar-refractivity contribution in [2.24, 2.45) is 0 Å². The molecule has 28 heavy (non-hydrogen) atoms. The Labute approximate surface area is 153 Å². The third-order valence-electron chi connectivity index (χ3n) is 4.15. The molecule has 0 unspecified atom stereocenters. The minimum Gasteiger partial charge on any atom is -0.295 e. The van der Waals surface area contributed by atoms with E-state index in [1.165, 1.54) is 18.3 Å². The largest absolute Gasteiger partial charge is 0.450 e. The molecule has 144 valence electrons. The van der Waals surface area contributed by atoms with Gasteiger partial charge in [-0.25, -0.2) is 4.98 Å². The van der Waals surface area contributed by atoms with Gasteiger partial charge in [-0.2, -0.15) is 31.4 Å². The molecule has 0 fully saturated rings. The average Bonchev–Trinajstić information content (AvgIpc) is 3.27. The Morgan fingerprint density at radius 1 is 0.893 bits per heavy atom. The van der Waals surface area contributed by atoms with Crippen LogP contribution in [-0.4, -0.2) is 19.7 Å². The maximum atomic E-state index is 13.3.